The molecule has 0 amide bonds. The Balaban J connectivity index is 2.30. The van der Waals surface area contributed by atoms with Gasteiger partial charge in [0.05, 0.1) is 12.8 Å². The molecule has 0 bridgehead atoms. The van der Waals surface area contributed by atoms with Crippen LogP contribution in [0.3, 0.4) is 0 Å². The molecule has 2 rings (SSSR count). The molecule has 0 unspecified atom stereocenters. The molecule has 0 spiro atoms. The van der Waals surface area contributed by atoms with Gasteiger partial charge in [-0.2, -0.15) is 0 Å². The largest absolute Gasteiger partial charge is 0.497 e. The molecule has 1 heterocycles. The van der Waals surface area contributed by atoms with E-state index in [9.17, 15) is 4.79 Å². The molecule has 0 saturated carbocycles. The van der Waals surface area contributed by atoms with Gasteiger partial charge in [-0.05, 0) is 37.6 Å². The van der Waals surface area contributed by atoms with Crippen molar-refractivity contribution in [1.82, 2.24) is 9.55 Å². The van der Waals surface area contributed by atoms with Gasteiger partial charge in [0.25, 0.3) is 5.56 Å². The molecular formula is C17H23N3O2. The third kappa shape index (κ3) is 3.74. The van der Waals surface area contributed by atoms with Gasteiger partial charge in [0, 0.05) is 24.2 Å². The van der Waals surface area contributed by atoms with Crippen LogP contribution in [0.4, 0.5) is 0 Å². The zero-order valence-electron chi connectivity index (χ0n) is 13.4. The summed E-state index contributed by atoms with van der Waals surface area (Å²) in [5, 5.41) is 0. The first-order chi connectivity index (χ1) is 10.5. The maximum absolute atomic E-state index is 12.3. The van der Waals surface area contributed by atoms with Crippen LogP contribution < -0.4 is 16.0 Å². The van der Waals surface area contributed by atoms with Gasteiger partial charge < -0.3 is 10.5 Å². The Morgan fingerprint density at radius 2 is 2.00 bits per heavy atom. The predicted octanol–water partition coefficient (Wildman–Crippen LogP) is 2.35. The monoisotopic (exact) mass is 301 g/mol. The standard InChI is InChI=1S/C17H23N3O2/c1-4-5-14(18)11-20-12(2)19-16(10-17(20)21)13-6-8-15(22-3)9-7-13/h6-10,14H,4-5,11,18H2,1-3H3/t14-/m0/s1. The van der Waals surface area contributed by atoms with Crippen LogP contribution in [0.2, 0.25) is 0 Å². The smallest absolute Gasteiger partial charge is 0.254 e. The summed E-state index contributed by atoms with van der Waals surface area (Å²) >= 11 is 0. The molecule has 2 aromatic rings. The quantitative estimate of drug-likeness (QED) is 0.889. The maximum Gasteiger partial charge on any atom is 0.254 e. The van der Waals surface area contributed by atoms with Crippen molar-refractivity contribution in [1.29, 1.82) is 0 Å². The van der Waals surface area contributed by atoms with Crippen LogP contribution in [-0.2, 0) is 6.54 Å². The van der Waals surface area contributed by atoms with Crippen LogP contribution in [0.5, 0.6) is 5.75 Å². The Bertz CT molecular complexity index is 677. The average Bonchev–Trinajstić information content (AvgIpc) is 2.51. The van der Waals surface area contributed by atoms with Gasteiger partial charge in [0.2, 0.25) is 0 Å². The number of aryl methyl sites for hydroxylation is 1. The predicted molar refractivity (Wildman–Crippen MR) is 88.1 cm³/mol. The fourth-order valence-corrected chi connectivity index (χ4v) is 2.45. The molecular weight excluding hydrogens is 278 g/mol. The Hall–Kier alpha value is -2.14. The highest BCUT2D eigenvalue weighted by atomic mass is 16.5. The van der Waals surface area contributed by atoms with Crippen molar-refractivity contribution in [2.24, 2.45) is 5.73 Å². The Morgan fingerprint density at radius 3 is 2.55 bits per heavy atom. The molecule has 0 aliphatic rings. The van der Waals surface area contributed by atoms with Gasteiger partial charge in [0.1, 0.15) is 11.6 Å². The average molecular weight is 301 g/mol. The first kappa shape index (κ1) is 16.2. The number of nitrogens with two attached hydrogens (primary N) is 1. The summed E-state index contributed by atoms with van der Waals surface area (Å²) < 4.78 is 6.78. The second-order valence-electron chi connectivity index (χ2n) is 5.41. The summed E-state index contributed by atoms with van der Waals surface area (Å²) in [6.07, 6.45) is 1.90. The van der Waals surface area contributed by atoms with E-state index in [1.54, 1.807) is 17.7 Å². The second kappa shape index (κ2) is 7.22. The first-order valence-electron chi connectivity index (χ1n) is 7.53. The highest BCUT2D eigenvalue weighted by Gasteiger charge is 2.10. The van der Waals surface area contributed by atoms with E-state index in [2.05, 4.69) is 11.9 Å². The summed E-state index contributed by atoms with van der Waals surface area (Å²) in [7, 11) is 1.62. The molecule has 0 aliphatic heterocycles. The third-order valence-electron chi connectivity index (χ3n) is 3.66. The van der Waals surface area contributed by atoms with Crippen molar-refractivity contribution in [3.63, 3.8) is 0 Å². The fourth-order valence-electron chi connectivity index (χ4n) is 2.45. The van der Waals surface area contributed by atoms with Crippen molar-refractivity contribution in [2.75, 3.05) is 7.11 Å². The lowest BCUT2D eigenvalue weighted by Crippen LogP contribution is -2.33. The Morgan fingerprint density at radius 1 is 1.32 bits per heavy atom. The molecule has 1 atom stereocenters. The number of benzene rings is 1. The van der Waals surface area contributed by atoms with Crippen molar-refractivity contribution in [2.45, 2.75) is 39.3 Å². The zero-order valence-corrected chi connectivity index (χ0v) is 13.4. The molecule has 1 aromatic heterocycles. The van der Waals surface area contributed by atoms with E-state index >= 15 is 0 Å². The van der Waals surface area contributed by atoms with Crippen LogP contribution in [0.15, 0.2) is 35.1 Å². The van der Waals surface area contributed by atoms with Crippen molar-refractivity contribution >= 4 is 0 Å². The number of methoxy groups -OCH3 is 1. The lowest BCUT2D eigenvalue weighted by Gasteiger charge is -2.15. The minimum Gasteiger partial charge on any atom is -0.497 e. The topological polar surface area (TPSA) is 70.1 Å². The molecule has 118 valence electrons. The highest BCUT2D eigenvalue weighted by Crippen LogP contribution is 2.19. The Kier molecular flexibility index (Phi) is 5.33. The van der Waals surface area contributed by atoms with Crippen LogP contribution in [0, 0.1) is 6.92 Å². The summed E-state index contributed by atoms with van der Waals surface area (Å²) in [4.78, 5) is 16.9. The summed E-state index contributed by atoms with van der Waals surface area (Å²) in [6, 6.07) is 9.05. The van der Waals surface area contributed by atoms with E-state index in [-0.39, 0.29) is 11.6 Å². The highest BCUT2D eigenvalue weighted by molar-refractivity contribution is 5.59. The number of aromatic nitrogens is 2. The van der Waals surface area contributed by atoms with E-state index in [4.69, 9.17) is 10.5 Å². The minimum absolute atomic E-state index is 0.0185. The molecule has 0 fully saturated rings. The molecule has 2 N–H and O–H groups in total. The van der Waals surface area contributed by atoms with Crippen LogP contribution in [-0.4, -0.2) is 22.7 Å². The number of hydrogen-bond acceptors (Lipinski definition) is 4. The molecule has 0 aliphatic carbocycles. The zero-order chi connectivity index (χ0) is 16.1. The van der Waals surface area contributed by atoms with Gasteiger partial charge in [-0.3, -0.25) is 9.36 Å². The number of ether oxygens (including phenoxy) is 1. The van der Waals surface area contributed by atoms with E-state index in [1.165, 1.54) is 0 Å². The van der Waals surface area contributed by atoms with Crippen molar-refractivity contribution in [3.8, 4) is 17.0 Å². The Labute approximate surface area is 130 Å². The van der Waals surface area contributed by atoms with E-state index in [1.807, 2.05) is 31.2 Å². The molecule has 1 aromatic carbocycles. The van der Waals surface area contributed by atoms with Crippen LogP contribution >= 0.6 is 0 Å². The lowest BCUT2D eigenvalue weighted by atomic mass is 10.1. The van der Waals surface area contributed by atoms with Gasteiger partial charge in [-0.1, -0.05) is 13.3 Å². The summed E-state index contributed by atoms with van der Waals surface area (Å²) in [5.41, 5.74) is 7.53. The second-order valence-corrected chi connectivity index (χ2v) is 5.41. The normalized spacial score (nSPS) is 12.2. The first-order valence-corrected chi connectivity index (χ1v) is 7.53. The van der Waals surface area contributed by atoms with Gasteiger partial charge in [-0.25, -0.2) is 4.98 Å². The summed E-state index contributed by atoms with van der Waals surface area (Å²) in [6.45, 7) is 4.43. The van der Waals surface area contributed by atoms with Crippen LogP contribution in [0.25, 0.3) is 11.3 Å². The lowest BCUT2D eigenvalue weighted by molar-refractivity contribution is 0.415. The van der Waals surface area contributed by atoms with Crippen LogP contribution in [0.1, 0.15) is 25.6 Å². The molecule has 0 saturated heterocycles. The van der Waals surface area contributed by atoms with E-state index < -0.39 is 0 Å². The fraction of sp³-hybridized carbons (Fsp3) is 0.412. The number of hydrogen-bond donors (Lipinski definition) is 1. The summed E-state index contributed by atoms with van der Waals surface area (Å²) in [5.74, 6) is 1.46. The number of nitrogens with zero attached hydrogens (tertiary/aromatic N) is 2. The van der Waals surface area contributed by atoms with Crippen molar-refractivity contribution in [3.05, 3.63) is 46.5 Å². The van der Waals surface area contributed by atoms with E-state index in [0.29, 0.717) is 18.1 Å². The van der Waals surface area contributed by atoms with Gasteiger partial charge in [-0.15, -0.1) is 0 Å². The molecule has 0 radical (unpaired) electrons. The van der Waals surface area contributed by atoms with Gasteiger partial charge in [0.15, 0.2) is 0 Å². The van der Waals surface area contributed by atoms with Gasteiger partial charge >= 0.3 is 0 Å². The number of rotatable bonds is 6. The minimum atomic E-state index is -0.0649. The SMILES string of the molecule is CCC[C@H](N)Cn1c(C)nc(-c2ccc(OC)cc2)cc1=O. The third-order valence-corrected chi connectivity index (χ3v) is 3.66. The van der Waals surface area contributed by atoms with Crippen molar-refractivity contribution < 1.29 is 4.74 Å². The molecule has 5 heteroatoms. The van der Waals surface area contributed by atoms with E-state index in [0.717, 1.165) is 24.2 Å². The maximum atomic E-state index is 12.3. The molecule has 5 nitrogen and oxygen atoms in total. The molecule has 22 heavy (non-hydrogen) atoms.